The summed E-state index contributed by atoms with van der Waals surface area (Å²) in [5.74, 6) is -0.703. The van der Waals surface area contributed by atoms with E-state index in [2.05, 4.69) is 0 Å². The van der Waals surface area contributed by atoms with Crippen molar-refractivity contribution in [2.75, 3.05) is 19.7 Å². The van der Waals surface area contributed by atoms with Crippen LogP contribution in [-0.2, 0) is 19.6 Å². The molecule has 3 saturated heterocycles. The zero-order chi connectivity index (χ0) is 16.4. The molecule has 3 heterocycles. The Labute approximate surface area is 137 Å². The topological polar surface area (TPSA) is 66.9 Å². The third-order valence-electron chi connectivity index (χ3n) is 4.83. The number of benzene rings is 1. The first kappa shape index (κ1) is 15.3. The molecule has 3 aliphatic rings. The fourth-order valence-corrected chi connectivity index (χ4v) is 6.02. The van der Waals surface area contributed by atoms with E-state index < -0.39 is 27.6 Å². The van der Waals surface area contributed by atoms with Crippen LogP contribution in [0.1, 0.15) is 12.8 Å². The van der Waals surface area contributed by atoms with Crippen LogP contribution in [0.2, 0.25) is 5.02 Å². The van der Waals surface area contributed by atoms with Crippen molar-refractivity contribution in [2.24, 2.45) is 0 Å². The molecule has 1 aromatic rings. The Morgan fingerprint density at radius 1 is 1.35 bits per heavy atom. The maximum absolute atomic E-state index is 13.2. The first-order valence-corrected chi connectivity index (χ1v) is 9.09. The summed E-state index contributed by atoms with van der Waals surface area (Å²) >= 11 is 5.92. The number of hydrogen-bond acceptors (Lipinski definition) is 4. The lowest BCUT2D eigenvalue weighted by atomic mass is 10.1. The third-order valence-corrected chi connectivity index (χ3v) is 7.22. The molecule has 2 atom stereocenters. The molecule has 0 N–H and O–H groups in total. The predicted octanol–water partition coefficient (Wildman–Crippen LogP) is 1.20. The van der Waals surface area contributed by atoms with Gasteiger partial charge >= 0.3 is 0 Å². The number of sulfonamides is 1. The van der Waals surface area contributed by atoms with Crippen molar-refractivity contribution in [3.05, 3.63) is 29.0 Å². The zero-order valence-corrected chi connectivity index (χ0v) is 13.6. The Morgan fingerprint density at radius 2 is 2.13 bits per heavy atom. The van der Waals surface area contributed by atoms with Crippen LogP contribution in [0.3, 0.4) is 0 Å². The van der Waals surface area contributed by atoms with Crippen molar-refractivity contribution in [1.82, 2.24) is 9.21 Å². The molecule has 4 rings (SSSR count). The first-order valence-electron chi connectivity index (χ1n) is 7.27. The Balaban J connectivity index is 1.75. The van der Waals surface area contributed by atoms with Crippen molar-refractivity contribution in [2.45, 2.75) is 29.5 Å². The van der Waals surface area contributed by atoms with Crippen LogP contribution in [0.25, 0.3) is 0 Å². The molecule has 124 valence electrons. The molecule has 23 heavy (non-hydrogen) atoms. The summed E-state index contributed by atoms with van der Waals surface area (Å²) in [5.41, 5.74) is -0.851. The highest BCUT2D eigenvalue weighted by Gasteiger charge is 2.64. The minimum atomic E-state index is -3.93. The van der Waals surface area contributed by atoms with Crippen molar-refractivity contribution < 1.29 is 22.3 Å². The maximum Gasteiger partial charge on any atom is 0.244 e. The average molecular weight is 361 g/mol. The molecule has 0 aromatic heterocycles. The van der Waals surface area contributed by atoms with E-state index >= 15 is 0 Å². The van der Waals surface area contributed by atoms with E-state index in [4.69, 9.17) is 16.3 Å². The maximum atomic E-state index is 13.2. The van der Waals surface area contributed by atoms with Crippen molar-refractivity contribution in [3.63, 3.8) is 0 Å². The summed E-state index contributed by atoms with van der Waals surface area (Å²) in [4.78, 5) is 13.6. The van der Waals surface area contributed by atoms with Gasteiger partial charge in [0.15, 0.2) is 5.72 Å². The summed E-state index contributed by atoms with van der Waals surface area (Å²) in [6.45, 7) is 1.14. The SMILES string of the molecule is O=C1C[C@H]2N(S(=O)(=O)c3ccc(F)cc3Cl)CC[C@]23OCCN13. The van der Waals surface area contributed by atoms with Gasteiger partial charge in [0.2, 0.25) is 15.9 Å². The van der Waals surface area contributed by atoms with Crippen molar-refractivity contribution in [1.29, 1.82) is 0 Å². The minimum Gasteiger partial charge on any atom is -0.352 e. The highest BCUT2D eigenvalue weighted by molar-refractivity contribution is 7.89. The number of carbonyl (C=O) groups excluding carboxylic acids is 1. The number of amides is 1. The van der Waals surface area contributed by atoms with Crippen LogP contribution in [-0.4, -0.2) is 55.0 Å². The fraction of sp³-hybridized carbons (Fsp3) is 0.500. The molecule has 3 fully saturated rings. The van der Waals surface area contributed by atoms with Gasteiger partial charge in [-0.2, -0.15) is 4.31 Å². The summed E-state index contributed by atoms with van der Waals surface area (Å²) in [7, 11) is -3.93. The molecule has 9 heteroatoms. The molecule has 0 radical (unpaired) electrons. The summed E-state index contributed by atoms with van der Waals surface area (Å²) in [6, 6.07) is 2.62. The average Bonchev–Trinajstić information content (AvgIpc) is 3.10. The lowest BCUT2D eigenvalue weighted by molar-refractivity contribution is -0.136. The largest absolute Gasteiger partial charge is 0.352 e. The van der Waals surface area contributed by atoms with Gasteiger partial charge in [-0.25, -0.2) is 12.8 Å². The van der Waals surface area contributed by atoms with E-state index in [1.807, 2.05) is 0 Å². The highest BCUT2D eigenvalue weighted by Crippen LogP contribution is 2.47. The Morgan fingerprint density at radius 3 is 2.87 bits per heavy atom. The number of carbonyl (C=O) groups is 1. The van der Waals surface area contributed by atoms with Crippen LogP contribution in [0, 0.1) is 5.82 Å². The summed E-state index contributed by atoms with van der Waals surface area (Å²) in [6.07, 6.45) is 0.527. The van der Waals surface area contributed by atoms with Gasteiger partial charge in [-0.05, 0) is 18.2 Å². The molecule has 6 nitrogen and oxygen atoms in total. The van der Waals surface area contributed by atoms with Crippen LogP contribution in [0.4, 0.5) is 4.39 Å². The first-order chi connectivity index (χ1) is 10.9. The molecule has 0 aliphatic carbocycles. The molecule has 0 unspecified atom stereocenters. The second-order valence-electron chi connectivity index (χ2n) is 5.90. The second kappa shape index (κ2) is 4.89. The number of hydrogen-bond donors (Lipinski definition) is 0. The number of nitrogens with zero attached hydrogens (tertiary/aromatic N) is 2. The van der Waals surface area contributed by atoms with Crippen molar-refractivity contribution in [3.8, 4) is 0 Å². The van der Waals surface area contributed by atoms with E-state index in [0.29, 0.717) is 19.6 Å². The minimum absolute atomic E-state index is 0.0953. The lowest BCUT2D eigenvalue weighted by Gasteiger charge is -2.31. The molecule has 0 bridgehead atoms. The van der Waals surface area contributed by atoms with Gasteiger partial charge in [0.25, 0.3) is 0 Å². The molecule has 0 saturated carbocycles. The van der Waals surface area contributed by atoms with E-state index in [-0.39, 0.29) is 28.8 Å². The van der Waals surface area contributed by atoms with Crippen LogP contribution in [0.5, 0.6) is 0 Å². The van der Waals surface area contributed by atoms with E-state index in [1.54, 1.807) is 4.90 Å². The Bertz CT molecular complexity index is 802. The van der Waals surface area contributed by atoms with Crippen LogP contribution < -0.4 is 0 Å². The molecular weight excluding hydrogens is 347 g/mol. The molecule has 1 spiro atoms. The summed E-state index contributed by atoms with van der Waals surface area (Å²) < 4.78 is 46.1. The molecule has 1 amide bonds. The van der Waals surface area contributed by atoms with Gasteiger partial charge in [0.05, 0.1) is 17.7 Å². The van der Waals surface area contributed by atoms with Gasteiger partial charge < -0.3 is 9.64 Å². The van der Waals surface area contributed by atoms with Gasteiger partial charge in [-0.15, -0.1) is 0 Å². The monoisotopic (exact) mass is 360 g/mol. The number of rotatable bonds is 2. The smallest absolute Gasteiger partial charge is 0.244 e. The van der Waals surface area contributed by atoms with Crippen LogP contribution >= 0.6 is 11.6 Å². The van der Waals surface area contributed by atoms with E-state index in [1.165, 1.54) is 4.31 Å². The number of ether oxygens (including phenoxy) is 1. The quantitative estimate of drug-likeness (QED) is 0.795. The highest BCUT2D eigenvalue weighted by atomic mass is 35.5. The lowest BCUT2D eigenvalue weighted by Crippen LogP contribution is -2.48. The van der Waals surface area contributed by atoms with E-state index in [0.717, 1.165) is 18.2 Å². The van der Waals surface area contributed by atoms with Gasteiger partial charge in [-0.3, -0.25) is 4.79 Å². The van der Waals surface area contributed by atoms with Gasteiger partial charge in [-0.1, -0.05) is 11.6 Å². The van der Waals surface area contributed by atoms with Gasteiger partial charge in [0.1, 0.15) is 10.7 Å². The summed E-state index contributed by atoms with van der Waals surface area (Å²) in [5, 5.41) is -0.167. The molecular formula is C14H14ClFN2O4S. The molecule has 3 aliphatic heterocycles. The molecule has 1 aromatic carbocycles. The second-order valence-corrected chi connectivity index (χ2v) is 8.17. The zero-order valence-electron chi connectivity index (χ0n) is 12.0. The number of halogens is 2. The fourth-order valence-electron chi connectivity index (χ4n) is 3.85. The Hall–Kier alpha value is -1.22. The normalized spacial score (nSPS) is 30.8. The van der Waals surface area contributed by atoms with E-state index in [9.17, 15) is 17.6 Å². The predicted molar refractivity (Wildman–Crippen MR) is 78.7 cm³/mol. The Kier molecular flexibility index (Phi) is 3.26. The van der Waals surface area contributed by atoms with Gasteiger partial charge in [0, 0.05) is 25.9 Å². The standard InChI is InChI=1S/C14H14ClFN2O4S/c15-10-7-9(16)1-2-11(10)23(20,21)18-4-3-14-12(18)8-13(19)17(14)5-6-22-14/h1-2,7,12H,3-6,8H2/t12-,14+/m1/s1. The third kappa shape index (κ3) is 1.98. The van der Waals surface area contributed by atoms with Crippen LogP contribution in [0.15, 0.2) is 23.1 Å². The van der Waals surface area contributed by atoms with Crippen molar-refractivity contribution >= 4 is 27.5 Å².